The minimum Gasteiger partial charge on any atom is -0.481 e. The molecule has 4 heteroatoms. The number of carbonyl (C=O) groups is 2. The Hall–Kier alpha value is -1.06. The molecule has 1 heterocycles. The van der Waals surface area contributed by atoms with E-state index in [4.69, 9.17) is 5.11 Å². The van der Waals surface area contributed by atoms with Crippen molar-refractivity contribution in [3.63, 3.8) is 0 Å². The van der Waals surface area contributed by atoms with E-state index < -0.39 is 5.97 Å². The molecule has 0 radical (unpaired) electrons. The smallest absolute Gasteiger partial charge is 0.303 e. The molecule has 0 spiro atoms. The summed E-state index contributed by atoms with van der Waals surface area (Å²) in [4.78, 5) is 24.0. The summed E-state index contributed by atoms with van der Waals surface area (Å²) in [6, 6.07) is 0. The molecule has 1 fully saturated rings. The van der Waals surface area contributed by atoms with Gasteiger partial charge in [0.2, 0.25) is 5.91 Å². The summed E-state index contributed by atoms with van der Waals surface area (Å²) in [5.41, 5.74) is 0. The lowest BCUT2D eigenvalue weighted by Crippen LogP contribution is -2.30. The molecular formula is C11H19NO3. The fourth-order valence-electron chi connectivity index (χ4n) is 2.05. The van der Waals surface area contributed by atoms with Gasteiger partial charge >= 0.3 is 5.97 Å². The summed E-state index contributed by atoms with van der Waals surface area (Å²) in [5, 5.41) is 8.69. The van der Waals surface area contributed by atoms with Crippen LogP contribution in [0.25, 0.3) is 0 Å². The molecule has 1 unspecified atom stereocenters. The average Bonchev–Trinajstić information content (AvgIpc) is 2.32. The topological polar surface area (TPSA) is 57.6 Å². The number of hydrogen-bond donors (Lipinski definition) is 1. The number of carbonyl (C=O) groups excluding carboxylic acids is 1. The minimum atomic E-state index is -0.753. The van der Waals surface area contributed by atoms with Gasteiger partial charge in [0.15, 0.2) is 0 Å². The largest absolute Gasteiger partial charge is 0.481 e. The van der Waals surface area contributed by atoms with Gasteiger partial charge in [-0.2, -0.15) is 0 Å². The zero-order valence-electron chi connectivity index (χ0n) is 9.24. The fraction of sp³-hybridized carbons (Fsp3) is 0.818. The molecule has 1 aliphatic rings. The van der Waals surface area contributed by atoms with E-state index in [1.165, 1.54) is 0 Å². The maximum absolute atomic E-state index is 11.6. The monoisotopic (exact) mass is 213 g/mol. The first-order chi connectivity index (χ1) is 7.13. The Bertz CT molecular complexity index is 240. The summed E-state index contributed by atoms with van der Waals surface area (Å²) in [7, 11) is 0. The molecule has 1 amide bonds. The highest BCUT2D eigenvalue weighted by Gasteiger charge is 2.23. The molecule has 0 aromatic rings. The van der Waals surface area contributed by atoms with Crippen LogP contribution in [-0.2, 0) is 9.59 Å². The van der Waals surface area contributed by atoms with Crippen molar-refractivity contribution in [2.75, 3.05) is 13.1 Å². The van der Waals surface area contributed by atoms with Gasteiger partial charge in [-0.25, -0.2) is 0 Å². The van der Waals surface area contributed by atoms with Crippen LogP contribution >= 0.6 is 0 Å². The standard InChI is InChI=1S/C11H19NO3/c1-2-6-12-7-5-9(8-11(14)15)3-4-10(12)13/h9H,2-8H2,1H3,(H,14,15). The first-order valence-corrected chi connectivity index (χ1v) is 5.63. The van der Waals surface area contributed by atoms with Crippen LogP contribution < -0.4 is 0 Å². The van der Waals surface area contributed by atoms with Crippen molar-refractivity contribution in [1.82, 2.24) is 4.90 Å². The van der Waals surface area contributed by atoms with Gasteiger partial charge < -0.3 is 10.0 Å². The third-order valence-electron chi connectivity index (χ3n) is 2.88. The van der Waals surface area contributed by atoms with Gasteiger partial charge in [0.25, 0.3) is 0 Å². The van der Waals surface area contributed by atoms with E-state index in [2.05, 4.69) is 0 Å². The zero-order valence-corrected chi connectivity index (χ0v) is 9.24. The highest BCUT2D eigenvalue weighted by Crippen LogP contribution is 2.21. The van der Waals surface area contributed by atoms with Crippen LogP contribution in [0.3, 0.4) is 0 Å². The molecule has 0 aromatic heterocycles. The quantitative estimate of drug-likeness (QED) is 0.770. The second kappa shape index (κ2) is 5.73. The van der Waals surface area contributed by atoms with Crippen molar-refractivity contribution in [2.24, 2.45) is 5.92 Å². The molecule has 86 valence electrons. The van der Waals surface area contributed by atoms with E-state index >= 15 is 0 Å². The second-order valence-corrected chi connectivity index (χ2v) is 4.17. The van der Waals surface area contributed by atoms with E-state index in [1.54, 1.807) is 0 Å². The fourth-order valence-corrected chi connectivity index (χ4v) is 2.05. The number of amides is 1. The van der Waals surface area contributed by atoms with Crippen LogP contribution in [0.2, 0.25) is 0 Å². The summed E-state index contributed by atoms with van der Waals surface area (Å²) in [6.07, 6.45) is 3.24. The van der Waals surface area contributed by atoms with Gasteiger partial charge in [-0.05, 0) is 25.2 Å². The maximum Gasteiger partial charge on any atom is 0.303 e. The molecule has 1 saturated heterocycles. The number of carboxylic acid groups (broad SMARTS) is 1. The van der Waals surface area contributed by atoms with E-state index in [0.717, 1.165) is 32.4 Å². The Morgan fingerprint density at radius 3 is 2.87 bits per heavy atom. The molecule has 1 N–H and O–H groups in total. The van der Waals surface area contributed by atoms with Crippen molar-refractivity contribution in [1.29, 1.82) is 0 Å². The number of likely N-dealkylation sites (tertiary alicyclic amines) is 1. The molecule has 0 aromatic carbocycles. The first kappa shape index (κ1) is 12.0. The Balaban J connectivity index is 2.46. The highest BCUT2D eigenvalue weighted by atomic mass is 16.4. The molecule has 1 atom stereocenters. The number of carboxylic acids is 1. The molecule has 1 rings (SSSR count). The van der Waals surface area contributed by atoms with Gasteiger partial charge in [0, 0.05) is 25.9 Å². The van der Waals surface area contributed by atoms with Crippen LogP contribution in [0, 0.1) is 5.92 Å². The first-order valence-electron chi connectivity index (χ1n) is 5.63. The Labute approximate surface area is 90.3 Å². The Morgan fingerprint density at radius 1 is 1.53 bits per heavy atom. The van der Waals surface area contributed by atoms with E-state index in [-0.39, 0.29) is 18.2 Å². The predicted molar refractivity (Wildman–Crippen MR) is 56.5 cm³/mol. The lowest BCUT2D eigenvalue weighted by molar-refractivity contribution is -0.138. The van der Waals surface area contributed by atoms with Gasteiger partial charge in [0.05, 0.1) is 0 Å². The van der Waals surface area contributed by atoms with Crippen LogP contribution in [-0.4, -0.2) is 35.0 Å². The number of aliphatic carboxylic acids is 1. The van der Waals surface area contributed by atoms with Gasteiger partial charge in [-0.15, -0.1) is 0 Å². The van der Waals surface area contributed by atoms with E-state index in [0.29, 0.717) is 6.42 Å². The van der Waals surface area contributed by atoms with Crippen LogP contribution in [0.5, 0.6) is 0 Å². The van der Waals surface area contributed by atoms with Crippen molar-refractivity contribution in [2.45, 2.75) is 39.0 Å². The summed E-state index contributed by atoms with van der Waals surface area (Å²) >= 11 is 0. The van der Waals surface area contributed by atoms with E-state index in [9.17, 15) is 9.59 Å². The molecule has 15 heavy (non-hydrogen) atoms. The molecule has 0 bridgehead atoms. The molecule has 0 saturated carbocycles. The van der Waals surface area contributed by atoms with Crippen molar-refractivity contribution in [3.8, 4) is 0 Å². The van der Waals surface area contributed by atoms with Gasteiger partial charge in [-0.3, -0.25) is 9.59 Å². The van der Waals surface area contributed by atoms with Gasteiger partial charge in [0.1, 0.15) is 0 Å². The highest BCUT2D eigenvalue weighted by molar-refractivity contribution is 5.76. The van der Waals surface area contributed by atoms with Crippen LogP contribution in [0.1, 0.15) is 39.0 Å². The third-order valence-corrected chi connectivity index (χ3v) is 2.88. The minimum absolute atomic E-state index is 0.174. The lowest BCUT2D eigenvalue weighted by atomic mass is 9.97. The number of nitrogens with zero attached hydrogens (tertiary/aromatic N) is 1. The molecular weight excluding hydrogens is 194 g/mol. The van der Waals surface area contributed by atoms with Crippen LogP contribution in [0.4, 0.5) is 0 Å². The maximum atomic E-state index is 11.6. The Kier molecular flexibility index (Phi) is 4.59. The summed E-state index contributed by atoms with van der Waals surface area (Å²) in [5.74, 6) is -0.394. The lowest BCUT2D eigenvalue weighted by Gasteiger charge is -2.19. The summed E-state index contributed by atoms with van der Waals surface area (Å²) < 4.78 is 0. The Morgan fingerprint density at radius 2 is 2.27 bits per heavy atom. The number of hydrogen-bond acceptors (Lipinski definition) is 2. The third kappa shape index (κ3) is 3.90. The van der Waals surface area contributed by atoms with Crippen LogP contribution in [0.15, 0.2) is 0 Å². The predicted octanol–water partition coefficient (Wildman–Crippen LogP) is 1.50. The van der Waals surface area contributed by atoms with E-state index in [1.807, 2.05) is 11.8 Å². The average molecular weight is 213 g/mol. The number of rotatable bonds is 4. The van der Waals surface area contributed by atoms with Gasteiger partial charge in [-0.1, -0.05) is 6.92 Å². The summed E-state index contributed by atoms with van der Waals surface area (Å²) in [6.45, 7) is 3.58. The second-order valence-electron chi connectivity index (χ2n) is 4.17. The van der Waals surface area contributed by atoms with Crippen molar-refractivity contribution >= 4 is 11.9 Å². The SMILES string of the molecule is CCCN1CCC(CC(=O)O)CCC1=O. The normalized spacial score (nSPS) is 22.6. The zero-order chi connectivity index (χ0) is 11.3. The molecule has 1 aliphatic heterocycles. The van der Waals surface area contributed by atoms with Crippen molar-refractivity contribution < 1.29 is 14.7 Å². The molecule has 4 nitrogen and oxygen atoms in total. The van der Waals surface area contributed by atoms with Crippen molar-refractivity contribution in [3.05, 3.63) is 0 Å². The molecule has 0 aliphatic carbocycles.